The Morgan fingerprint density at radius 3 is 2.68 bits per heavy atom. The van der Waals surface area contributed by atoms with Crippen molar-refractivity contribution in [3.8, 4) is 0 Å². The molecule has 0 atom stereocenters. The second-order valence-corrected chi connectivity index (χ2v) is 5.97. The summed E-state index contributed by atoms with van der Waals surface area (Å²) >= 11 is 0. The lowest BCUT2D eigenvalue weighted by molar-refractivity contribution is -0.131. The Kier molecular flexibility index (Phi) is 5.11. The number of nitrogens with zero attached hydrogens (tertiary/aromatic N) is 2. The Balaban J connectivity index is 1.55. The standard InChI is InChI=1S/C18H24N2O2/c21-18(17-9-4-5-14-22-17)20-11-6-10-19(12-13-20)15-16-7-2-1-3-8-16/h1-3,7-9H,4-6,10-15H2. The van der Waals surface area contributed by atoms with E-state index in [0.29, 0.717) is 12.4 Å². The van der Waals surface area contributed by atoms with Crippen LogP contribution in [0, 0.1) is 0 Å². The molecule has 22 heavy (non-hydrogen) atoms. The monoisotopic (exact) mass is 300 g/mol. The summed E-state index contributed by atoms with van der Waals surface area (Å²) in [5.74, 6) is 0.629. The van der Waals surface area contributed by atoms with Gasteiger partial charge in [0, 0.05) is 32.7 Å². The van der Waals surface area contributed by atoms with Gasteiger partial charge in [-0.05, 0) is 30.9 Å². The first kappa shape index (κ1) is 15.1. The van der Waals surface area contributed by atoms with E-state index in [1.807, 2.05) is 17.0 Å². The molecule has 2 heterocycles. The van der Waals surface area contributed by atoms with Crippen molar-refractivity contribution in [2.45, 2.75) is 25.8 Å². The predicted molar refractivity (Wildman–Crippen MR) is 86.2 cm³/mol. The van der Waals surface area contributed by atoms with E-state index in [4.69, 9.17) is 4.74 Å². The van der Waals surface area contributed by atoms with E-state index in [-0.39, 0.29) is 5.91 Å². The van der Waals surface area contributed by atoms with Crippen molar-refractivity contribution in [3.63, 3.8) is 0 Å². The lowest BCUT2D eigenvalue weighted by Crippen LogP contribution is -2.36. The molecule has 0 aromatic heterocycles. The minimum absolute atomic E-state index is 0.0706. The van der Waals surface area contributed by atoms with Crippen molar-refractivity contribution >= 4 is 5.91 Å². The molecular formula is C18H24N2O2. The molecular weight excluding hydrogens is 276 g/mol. The number of hydrogen-bond acceptors (Lipinski definition) is 3. The predicted octanol–water partition coefficient (Wildman–Crippen LogP) is 2.42. The summed E-state index contributed by atoms with van der Waals surface area (Å²) in [6.45, 7) is 5.21. The fraction of sp³-hybridized carbons (Fsp3) is 0.500. The molecule has 3 rings (SSSR count). The number of ether oxygens (including phenoxy) is 1. The van der Waals surface area contributed by atoms with E-state index < -0.39 is 0 Å². The van der Waals surface area contributed by atoms with E-state index >= 15 is 0 Å². The molecule has 2 aliphatic heterocycles. The van der Waals surface area contributed by atoms with E-state index in [2.05, 4.69) is 29.2 Å². The van der Waals surface area contributed by atoms with E-state index in [1.165, 1.54) is 5.56 Å². The van der Waals surface area contributed by atoms with Gasteiger partial charge in [0.05, 0.1) is 6.61 Å². The Morgan fingerprint density at radius 2 is 1.91 bits per heavy atom. The lowest BCUT2D eigenvalue weighted by atomic mass is 10.2. The minimum atomic E-state index is 0.0706. The fourth-order valence-corrected chi connectivity index (χ4v) is 3.04. The molecule has 0 radical (unpaired) electrons. The van der Waals surface area contributed by atoms with Gasteiger partial charge in [0.2, 0.25) is 0 Å². The molecule has 1 amide bonds. The van der Waals surface area contributed by atoms with Crippen LogP contribution in [-0.2, 0) is 16.1 Å². The molecule has 1 aromatic rings. The average Bonchev–Trinajstić information content (AvgIpc) is 2.82. The van der Waals surface area contributed by atoms with Gasteiger partial charge in [0.15, 0.2) is 5.76 Å². The number of hydrogen-bond donors (Lipinski definition) is 0. The van der Waals surface area contributed by atoms with E-state index in [9.17, 15) is 4.79 Å². The van der Waals surface area contributed by atoms with Gasteiger partial charge in [-0.3, -0.25) is 9.69 Å². The molecule has 0 unspecified atom stereocenters. The van der Waals surface area contributed by atoms with Crippen molar-refractivity contribution in [2.75, 3.05) is 32.8 Å². The Bertz CT molecular complexity index is 527. The summed E-state index contributed by atoms with van der Waals surface area (Å²) in [5, 5.41) is 0. The first-order chi connectivity index (χ1) is 10.8. The number of allylic oxidation sites excluding steroid dienone is 1. The van der Waals surface area contributed by atoms with Crippen molar-refractivity contribution in [1.82, 2.24) is 9.80 Å². The maximum absolute atomic E-state index is 12.5. The highest BCUT2D eigenvalue weighted by Gasteiger charge is 2.23. The van der Waals surface area contributed by atoms with Crippen LogP contribution in [0.5, 0.6) is 0 Å². The first-order valence-electron chi connectivity index (χ1n) is 8.21. The Hall–Kier alpha value is -1.81. The zero-order valence-corrected chi connectivity index (χ0v) is 13.0. The largest absolute Gasteiger partial charge is 0.488 e. The van der Waals surface area contributed by atoms with Crippen molar-refractivity contribution in [2.24, 2.45) is 0 Å². The Labute approximate surface area is 132 Å². The number of rotatable bonds is 3. The molecule has 0 N–H and O–H groups in total. The molecule has 2 aliphatic rings. The van der Waals surface area contributed by atoms with E-state index in [0.717, 1.165) is 52.0 Å². The summed E-state index contributed by atoms with van der Waals surface area (Å²) in [5.41, 5.74) is 1.33. The van der Waals surface area contributed by atoms with Gasteiger partial charge < -0.3 is 9.64 Å². The third-order valence-electron chi connectivity index (χ3n) is 4.27. The molecule has 118 valence electrons. The van der Waals surface area contributed by atoms with Gasteiger partial charge in [0.25, 0.3) is 5.91 Å². The van der Waals surface area contributed by atoms with Crippen LogP contribution in [0.15, 0.2) is 42.2 Å². The van der Waals surface area contributed by atoms with Crippen molar-refractivity contribution in [3.05, 3.63) is 47.7 Å². The topological polar surface area (TPSA) is 32.8 Å². The van der Waals surface area contributed by atoms with Gasteiger partial charge in [-0.2, -0.15) is 0 Å². The van der Waals surface area contributed by atoms with Crippen LogP contribution in [0.4, 0.5) is 0 Å². The normalized spacial score (nSPS) is 20.0. The number of amides is 1. The van der Waals surface area contributed by atoms with Crippen LogP contribution in [0.3, 0.4) is 0 Å². The Morgan fingerprint density at radius 1 is 1.05 bits per heavy atom. The zero-order valence-electron chi connectivity index (χ0n) is 13.0. The van der Waals surface area contributed by atoms with Gasteiger partial charge in [-0.1, -0.05) is 30.3 Å². The third kappa shape index (κ3) is 3.89. The van der Waals surface area contributed by atoms with Crippen LogP contribution in [0.2, 0.25) is 0 Å². The molecule has 0 spiro atoms. The fourth-order valence-electron chi connectivity index (χ4n) is 3.04. The maximum atomic E-state index is 12.5. The molecule has 0 aliphatic carbocycles. The lowest BCUT2D eigenvalue weighted by Gasteiger charge is -2.24. The molecule has 1 aromatic carbocycles. The van der Waals surface area contributed by atoms with Gasteiger partial charge in [-0.25, -0.2) is 0 Å². The summed E-state index contributed by atoms with van der Waals surface area (Å²) in [6, 6.07) is 10.5. The summed E-state index contributed by atoms with van der Waals surface area (Å²) in [7, 11) is 0. The van der Waals surface area contributed by atoms with Crippen LogP contribution < -0.4 is 0 Å². The number of benzene rings is 1. The SMILES string of the molecule is O=C(C1=CCCCO1)N1CCCN(Cc2ccccc2)CC1. The van der Waals surface area contributed by atoms with Gasteiger partial charge in [-0.15, -0.1) is 0 Å². The highest BCUT2D eigenvalue weighted by molar-refractivity contribution is 5.91. The highest BCUT2D eigenvalue weighted by atomic mass is 16.5. The zero-order chi connectivity index (χ0) is 15.2. The molecule has 0 saturated carbocycles. The molecule has 4 heteroatoms. The number of carbonyl (C=O) groups excluding carboxylic acids is 1. The van der Waals surface area contributed by atoms with E-state index in [1.54, 1.807) is 0 Å². The minimum Gasteiger partial charge on any atom is -0.488 e. The van der Waals surface area contributed by atoms with Crippen LogP contribution in [0.25, 0.3) is 0 Å². The molecule has 4 nitrogen and oxygen atoms in total. The molecule has 1 fully saturated rings. The second-order valence-electron chi connectivity index (χ2n) is 5.97. The number of carbonyl (C=O) groups is 1. The summed E-state index contributed by atoms with van der Waals surface area (Å²) < 4.78 is 5.51. The quantitative estimate of drug-likeness (QED) is 0.859. The van der Waals surface area contributed by atoms with Crippen molar-refractivity contribution < 1.29 is 9.53 Å². The summed E-state index contributed by atoms with van der Waals surface area (Å²) in [4.78, 5) is 16.9. The van der Waals surface area contributed by atoms with Gasteiger partial charge in [0.1, 0.15) is 0 Å². The summed E-state index contributed by atoms with van der Waals surface area (Å²) in [6.07, 6.45) is 4.93. The average molecular weight is 300 g/mol. The second kappa shape index (κ2) is 7.45. The van der Waals surface area contributed by atoms with Crippen LogP contribution in [0.1, 0.15) is 24.8 Å². The van der Waals surface area contributed by atoms with Crippen LogP contribution >= 0.6 is 0 Å². The smallest absolute Gasteiger partial charge is 0.288 e. The van der Waals surface area contributed by atoms with Gasteiger partial charge >= 0.3 is 0 Å². The third-order valence-corrected chi connectivity index (χ3v) is 4.27. The van der Waals surface area contributed by atoms with Crippen molar-refractivity contribution in [1.29, 1.82) is 0 Å². The molecule has 1 saturated heterocycles. The van der Waals surface area contributed by atoms with Crippen LogP contribution in [-0.4, -0.2) is 48.5 Å². The first-order valence-corrected chi connectivity index (χ1v) is 8.21. The highest BCUT2D eigenvalue weighted by Crippen LogP contribution is 2.15. The molecule has 0 bridgehead atoms. The maximum Gasteiger partial charge on any atom is 0.288 e.